The van der Waals surface area contributed by atoms with Crippen LogP contribution >= 0.6 is 11.3 Å². The number of pyridine rings is 1. The summed E-state index contributed by atoms with van der Waals surface area (Å²) in [6.07, 6.45) is -0.763. The van der Waals surface area contributed by atoms with Gasteiger partial charge in [-0.3, -0.25) is 4.79 Å². The lowest BCUT2D eigenvalue weighted by molar-refractivity contribution is -0.139. The number of halogens is 3. The van der Waals surface area contributed by atoms with Crippen LogP contribution in [0.3, 0.4) is 0 Å². The highest BCUT2D eigenvalue weighted by Crippen LogP contribution is 2.39. The summed E-state index contributed by atoms with van der Waals surface area (Å²) in [5, 5.41) is 4.55. The van der Waals surface area contributed by atoms with Gasteiger partial charge in [0.1, 0.15) is 11.6 Å². The zero-order valence-corrected chi connectivity index (χ0v) is 18.8. The topological polar surface area (TPSA) is 64.1 Å². The van der Waals surface area contributed by atoms with Gasteiger partial charge in [0.15, 0.2) is 5.01 Å². The van der Waals surface area contributed by atoms with Gasteiger partial charge in [-0.15, -0.1) is 11.3 Å². The largest absolute Gasteiger partial charge is 0.493 e. The van der Waals surface area contributed by atoms with Gasteiger partial charge in [0.2, 0.25) is 0 Å². The number of carbonyl (C=O) groups is 1. The summed E-state index contributed by atoms with van der Waals surface area (Å²) in [5.74, 6) is 0.178. The van der Waals surface area contributed by atoms with Gasteiger partial charge in [0.25, 0.3) is 5.91 Å². The fourth-order valence-corrected chi connectivity index (χ4v) is 3.88. The number of carbonyl (C=O) groups excluding carboxylic acids is 1. The molecule has 1 N–H and O–H groups in total. The molecule has 0 aliphatic carbocycles. The van der Waals surface area contributed by atoms with Gasteiger partial charge in [0, 0.05) is 17.8 Å². The van der Waals surface area contributed by atoms with Crippen molar-refractivity contribution >= 4 is 23.1 Å². The van der Waals surface area contributed by atoms with Crippen molar-refractivity contribution < 1.29 is 22.7 Å². The Kier molecular flexibility index (Phi) is 7.50. The zero-order chi connectivity index (χ0) is 23.3. The van der Waals surface area contributed by atoms with E-state index >= 15 is 0 Å². The molecule has 32 heavy (non-hydrogen) atoms. The Balaban J connectivity index is 1.83. The lowest BCUT2D eigenvalue weighted by Gasteiger charge is -2.19. The number of nitrogens with zero attached hydrogens (tertiary/aromatic N) is 2. The average molecular weight is 464 g/mol. The maximum atomic E-state index is 13.7. The Morgan fingerprint density at radius 3 is 2.50 bits per heavy atom. The first kappa shape index (κ1) is 23.7. The minimum atomic E-state index is -4.57. The number of hydrogen-bond acceptors (Lipinski definition) is 5. The molecule has 5 nitrogen and oxygen atoms in total. The maximum Gasteiger partial charge on any atom is 0.419 e. The lowest BCUT2D eigenvalue weighted by atomic mass is 9.99. The Labute approximate surface area is 188 Å². The van der Waals surface area contributed by atoms with E-state index in [1.165, 1.54) is 35.9 Å². The number of ether oxygens (including phenoxy) is 1. The van der Waals surface area contributed by atoms with Gasteiger partial charge in [-0.25, -0.2) is 9.97 Å². The van der Waals surface area contributed by atoms with Crippen LogP contribution in [0.2, 0.25) is 0 Å². The number of benzene rings is 1. The van der Waals surface area contributed by atoms with Gasteiger partial charge in [-0.05, 0) is 53.6 Å². The van der Waals surface area contributed by atoms with Crippen molar-refractivity contribution in [1.82, 2.24) is 9.97 Å². The van der Waals surface area contributed by atoms with Crippen molar-refractivity contribution in [3.63, 3.8) is 0 Å². The van der Waals surface area contributed by atoms with Crippen LogP contribution in [0.15, 0.2) is 48.1 Å². The third-order valence-electron chi connectivity index (χ3n) is 4.64. The molecule has 0 aliphatic rings. The summed E-state index contributed by atoms with van der Waals surface area (Å²) in [5.41, 5.74) is -0.0105. The summed E-state index contributed by atoms with van der Waals surface area (Å²) in [6, 6.07) is 7.07. The molecule has 2 aromatic heterocycles. The van der Waals surface area contributed by atoms with E-state index in [-0.39, 0.29) is 29.1 Å². The Bertz CT molecular complexity index is 1050. The number of thiazole rings is 1. The first-order valence-corrected chi connectivity index (χ1v) is 11.0. The van der Waals surface area contributed by atoms with Crippen molar-refractivity contribution in [2.75, 3.05) is 11.9 Å². The molecule has 0 spiro atoms. The highest BCUT2D eigenvalue weighted by atomic mass is 32.1. The summed E-state index contributed by atoms with van der Waals surface area (Å²) >= 11 is 1.18. The summed E-state index contributed by atoms with van der Waals surface area (Å²) in [4.78, 5) is 20.2. The SMILES string of the molecule is CC(C)CC(C)COc1ccc(-c2ccnc(NC(=O)c3nccs3)c2)cc1C(F)(F)F. The third-order valence-corrected chi connectivity index (χ3v) is 5.42. The molecule has 0 saturated carbocycles. The Hall–Kier alpha value is -2.94. The molecular weight excluding hydrogens is 439 g/mol. The molecule has 0 aliphatic heterocycles. The second-order valence-electron chi connectivity index (χ2n) is 7.98. The summed E-state index contributed by atoms with van der Waals surface area (Å²) in [7, 11) is 0. The molecule has 170 valence electrons. The van der Waals surface area contributed by atoms with Crippen molar-refractivity contribution in [1.29, 1.82) is 0 Å². The molecular formula is C23H24F3N3O2S. The number of aromatic nitrogens is 2. The van der Waals surface area contributed by atoms with E-state index < -0.39 is 17.6 Å². The van der Waals surface area contributed by atoms with Crippen molar-refractivity contribution in [3.8, 4) is 16.9 Å². The number of amides is 1. The quantitative estimate of drug-likeness (QED) is 0.412. The van der Waals surface area contributed by atoms with Crippen LogP contribution in [-0.2, 0) is 6.18 Å². The number of anilines is 1. The number of rotatable bonds is 8. The molecule has 0 fully saturated rings. The predicted molar refractivity (Wildman–Crippen MR) is 119 cm³/mol. The summed E-state index contributed by atoms with van der Waals surface area (Å²) in [6.45, 7) is 6.30. The standard InChI is InChI=1S/C23H24F3N3O2S/c1-14(2)10-15(3)13-31-19-5-4-16(11-18(19)23(24,25)26)17-6-7-27-20(12-17)29-21(30)22-28-8-9-32-22/h4-9,11-12,14-15H,10,13H2,1-3H3,(H,27,29,30). The first-order chi connectivity index (χ1) is 15.1. The van der Waals surface area contributed by atoms with Crippen molar-refractivity contribution in [2.45, 2.75) is 33.4 Å². The molecule has 1 aromatic carbocycles. The maximum absolute atomic E-state index is 13.7. The van der Waals surface area contributed by atoms with Gasteiger partial charge in [-0.1, -0.05) is 26.8 Å². The van der Waals surface area contributed by atoms with Crippen LogP contribution in [0, 0.1) is 11.8 Å². The average Bonchev–Trinajstić information content (AvgIpc) is 3.26. The smallest absolute Gasteiger partial charge is 0.419 e. The molecule has 0 bridgehead atoms. The molecule has 0 radical (unpaired) electrons. The van der Waals surface area contributed by atoms with Gasteiger partial charge in [-0.2, -0.15) is 13.2 Å². The highest BCUT2D eigenvalue weighted by Gasteiger charge is 2.35. The van der Waals surface area contributed by atoms with E-state index in [2.05, 4.69) is 29.1 Å². The molecule has 1 atom stereocenters. The minimum absolute atomic E-state index is 0.139. The van der Waals surface area contributed by atoms with Crippen LogP contribution < -0.4 is 10.1 Å². The second kappa shape index (κ2) is 10.1. The van der Waals surface area contributed by atoms with E-state index in [0.717, 1.165) is 12.5 Å². The molecule has 2 heterocycles. The Morgan fingerprint density at radius 2 is 1.84 bits per heavy atom. The van der Waals surface area contributed by atoms with Gasteiger partial charge in [0.05, 0.1) is 12.2 Å². The minimum Gasteiger partial charge on any atom is -0.493 e. The highest BCUT2D eigenvalue weighted by molar-refractivity contribution is 7.11. The Morgan fingerprint density at radius 1 is 1.09 bits per heavy atom. The normalized spacial score (nSPS) is 12.6. The monoisotopic (exact) mass is 463 g/mol. The van der Waals surface area contributed by atoms with E-state index in [4.69, 9.17) is 4.74 Å². The fraction of sp³-hybridized carbons (Fsp3) is 0.348. The van der Waals surface area contributed by atoms with Crippen molar-refractivity contribution in [3.05, 3.63) is 58.7 Å². The van der Waals surface area contributed by atoms with Crippen LogP contribution in [0.25, 0.3) is 11.1 Å². The van der Waals surface area contributed by atoms with Gasteiger partial charge >= 0.3 is 6.18 Å². The predicted octanol–water partition coefficient (Wildman–Crippen LogP) is 6.54. The van der Waals surface area contributed by atoms with E-state index in [0.29, 0.717) is 17.0 Å². The van der Waals surface area contributed by atoms with Crippen LogP contribution in [0.1, 0.15) is 42.6 Å². The van der Waals surface area contributed by atoms with Crippen LogP contribution in [0.5, 0.6) is 5.75 Å². The molecule has 1 unspecified atom stereocenters. The molecule has 9 heteroatoms. The van der Waals surface area contributed by atoms with Crippen molar-refractivity contribution in [2.24, 2.45) is 11.8 Å². The molecule has 1 amide bonds. The zero-order valence-electron chi connectivity index (χ0n) is 17.9. The molecule has 0 saturated heterocycles. The number of hydrogen-bond donors (Lipinski definition) is 1. The second-order valence-corrected chi connectivity index (χ2v) is 8.87. The lowest BCUT2D eigenvalue weighted by Crippen LogP contribution is -2.14. The summed E-state index contributed by atoms with van der Waals surface area (Å²) < 4.78 is 46.7. The molecule has 3 aromatic rings. The third kappa shape index (κ3) is 6.29. The number of alkyl halides is 3. The van der Waals surface area contributed by atoms with E-state index in [1.54, 1.807) is 17.5 Å². The van der Waals surface area contributed by atoms with Crippen LogP contribution in [-0.4, -0.2) is 22.5 Å². The van der Waals surface area contributed by atoms with Gasteiger partial charge < -0.3 is 10.1 Å². The first-order valence-electron chi connectivity index (χ1n) is 10.1. The molecule has 3 rings (SSSR count). The van der Waals surface area contributed by atoms with Crippen LogP contribution in [0.4, 0.5) is 19.0 Å². The number of nitrogens with one attached hydrogen (secondary N) is 1. The van der Waals surface area contributed by atoms with E-state index in [1.807, 2.05) is 6.92 Å². The fourth-order valence-electron chi connectivity index (χ4n) is 3.35. The van der Waals surface area contributed by atoms with E-state index in [9.17, 15) is 18.0 Å².